The maximum Gasteiger partial charge on any atom is 0.0742 e. The molecule has 2 fully saturated rings. The van der Waals surface area contributed by atoms with Crippen LogP contribution in [0.5, 0.6) is 0 Å². The van der Waals surface area contributed by atoms with Crippen molar-refractivity contribution >= 4 is 5.71 Å². The number of hydrogen-bond acceptors (Lipinski definition) is 4. The first-order valence-corrected chi connectivity index (χ1v) is 4.94. The van der Waals surface area contributed by atoms with Gasteiger partial charge in [0.25, 0.3) is 0 Å². The van der Waals surface area contributed by atoms with Crippen molar-refractivity contribution in [2.24, 2.45) is 5.16 Å². The summed E-state index contributed by atoms with van der Waals surface area (Å²) in [6, 6.07) is 0.383. The van der Waals surface area contributed by atoms with Crippen LogP contribution in [0.1, 0.15) is 19.3 Å². The molecule has 1 atom stereocenters. The molecule has 0 amide bonds. The van der Waals surface area contributed by atoms with E-state index in [0.29, 0.717) is 6.04 Å². The first-order valence-electron chi connectivity index (χ1n) is 4.94. The number of morpholine rings is 1. The molecule has 0 spiro atoms. The normalized spacial score (nSPS) is 34.2. The molecule has 0 bridgehead atoms. The quantitative estimate of drug-likeness (QED) is 0.482. The fourth-order valence-corrected chi connectivity index (χ4v) is 2.21. The van der Waals surface area contributed by atoms with Crippen molar-refractivity contribution in [3.8, 4) is 0 Å². The largest absolute Gasteiger partial charge is 0.411 e. The zero-order valence-corrected chi connectivity index (χ0v) is 7.78. The van der Waals surface area contributed by atoms with E-state index in [1.54, 1.807) is 0 Å². The summed E-state index contributed by atoms with van der Waals surface area (Å²) >= 11 is 0. The molecule has 0 aromatic carbocycles. The minimum atomic E-state index is 0.383. The predicted octanol–water partition coefficient (Wildman–Crippen LogP) is 0.701. The van der Waals surface area contributed by atoms with Crippen LogP contribution in [0.15, 0.2) is 5.16 Å². The van der Waals surface area contributed by atoms with E-state index in [0.717, 1.165) is 51.3 Å². The molecule has 0 aromatic heterocycles. The Balaban J connectivity index is 1.98. The molecule has 13 heavy (non-hydrogen) atoms. The van der Waals surface area contributed by atoms with Crippen LogP contribution in [-0.2, 0) is 4.74 Å². The van der Waals surface area contributed by atoms with Crippen molar-refractivity contribution in [1.29, 1.82) is 0 Å². The van der Waals surface area contributed by atoms with E-state index in [2.05, 4.69) is 10.1 Å². The molecule has 1 aliphatic heterocycles. The Bertz CT molecular complexity index is 200. The van der Waals surface area contributed by atoms with Gasteiger partial charge in [-0.1, -0.05) is 5.16 Å². The highest BCUT2D eigenvalue weighted by Gasteiger charge is 2.29. The SMILES string of the molecule is O/N=C1/CCC[C@H]1N1CCOCC1. The van der Waals surface area contributed by atoms with E-state index in [1.165, 1.54) is 0 Å². The maximum atomic E-state index is 8.80. The van der Waals surface area contributed by atoms with Gasteiger partial charge >= 0.3 is 0 Å². The lowest BCUT2D eigenvalue weighted by molar-refractivity contribution is 0.0287. The summed E-state index contributed by atoms with van der Waals surface area (Å²) in [5, 5.41) is 12.2. The third-order valence-electron chi connectivity index (χ3n) is 2.91. The standard InChI is InChI=1S/C9H16N2O2/c12-10-8-2-1-3-9(8)11-4-6-13-7-5-11/h9,12H,1-7H2/b10-8-/t9-/m1/s1. The summed E-state index contributed by atoms with van der Waals surface area (Å²) in [6.45, 7) is 3.58. The van der Waals surface area contributed by atoms with Crippen LogP contribution in [0.25, 0.3) is 0 Å². The summed E-state index contributed by atoms with van der Waals surface area (Å²) in [6.07, 6.45) is 3.25. The van der Waals surface area contributed by atoms with Gasteiger partial charge in [0.1, 0.15) is 0 Å². The second kappa shape index (κ2) is 4.07. The second-order valence-corrected chi connectivity index (χ2v) is 3.65. The van der Waals surface area contributed by atoms with Gasteiger partial charge in [-0.2, -0.15) is 0 Å². The first kappa shape index (κ1) is 8.97. The van der Waals surface area contributed by atoms with Crippen molar-refractivity contribution in [2.75, 3.05) is 26.3 Å². The van der Waals surface area contributed by atoms with Crippen LogP contribution in [-0.4, -0.2) is 48.2 Å². The number of hydrogen-bond donors (Lipinski definition) is 1. The van der Waals surface area contributed by atoms with Crippen molar-refractivity contribution in [3.05, 3.63) is 0 Å². The maximum absolute atomic E-state index is 8.80. The van der Waals surface area contributed by atoms with Crippen LogP contribution in [0.4, 0.5) is 0 Å². The van der Waals surface area contributed by atoms with E-state index < -0.39 is 0 Å². The van der Waals surface area contributed by atoms with E-state index in [9.17, 15) is 0 Å². The fraction of sp³-hybridized carbons (Fsp3) is 0.889. The predicted molar refractivity (Wildman–Crippen MR) is 49.3 cm³/mol. The van der Waals surface area contributed by atoms with Crippen molar-refractivity contribution in [2.45, 2.75) is 25.3 Å². The van der Waals surface area contributed by atoms with E-state index >= 15 is 0 Å². The Kier molecular flexibility index (Phi) is 2.80. The second-order valence-electron chi connectivity index (χ2n) is 3.65. The Morgan fingerprint density at radius 1 is 1.38 bits per heavy atom. The average molecular weight is 184 g/mol. The zero-order chi connectivity index (χ0) is 9.10. The van der Waals surface area contributed by atoms with E-state index in [4.69, 9.17) is 9.94 Å². The van der Waals surface area contributed by atoms with Crippen LogP contribution in [0.3, 0.4) is 0 Å². The highest BCUT2D eigenvalue weighted by molar-refractivity contribution is 5.90. The Morgan fingerprint density at radius 3 is 2.85 bits per heavy atom. The van der Waals surface area contributed by atoms with Crippen molar-refractivity contribution < 1.29 is 9.94 Å². The van der Waals surface area contributed by atoms with Crippen molar-refractivity contribution in [1.82, 2.24) is 4.90 Å². The molecular weight excluding hydrogens is 168 g/mol. The van der Waals surface area contributed by atoms with Gasteiger partial charge in [0.15, 0.2) is 0 Å². The summed E-state index contributed by atoms with van der Waals surface area (Å²) in [7, 11) is 0. The van der Waals surface area contributed by atoms with Crippen LogP contribution >= 0.6 is 0 Å². The Labute approximate surface area is 78.2 Å². The smallest absolute Gasteiger partial charge is 0.0742 e. The molecule has 2 rings (SSSR count). The molecule has 4 heteroatoms. The third kappa shape index (κ3) is 1.84. The summed E-state index contributed by atoms with van der Waals surface area (Å²) in [5.74, 6) is 0. The lowest BCUT2D eigenvalue weighted by Crippen LogP contribution is -2.45. The average Bonchev–Trinajstić information content (AvgIpc) is 2.67. The fourth-order valence-electron chi connectivity index (χ4n) is 2.21. The molecule has 4 nitrogen and oxygen atoms in total. The highest BCUT2D eigenvalue weighted by Crippen LogP contribution is 2.22. The summed E-state index contributed by atoms with van der Waals surface area (Å²) in [4.78, 5) is 2.37. The summed E-state index contributed by atoms with van der Waals surface area (Å²) in [5.41, 5.74) is 0.960. The Morgan fingerprint density at radius 2 is 2.15 bits per heavy atom. The molecule has 1 N–H and O–H groups in total. The number of ether oxygens (including phenoxy) is 1. The molecule has 0 radical (unpaired) electrons. The van der Waals surface area contributed by atoms with Crippen LogP contribution in [0, 0.1) is 0 Å². The van der Waals surface area contributed by atoms with Crippen LogP contribution in [0.2, 0.25) is 0 Å². The van der Waals surface area contributed by atoms with E-state index in [1.807, 2.05) is 0 Å². The van der Waals surface area contributed by atoms with Crippen LogP contribution < -0.4 is 0 Å². The zero-order valence-electron chi connectivity index (χ0n) is 7.78. The third-order valence-corrected chi connectivity index (χ3v) is 2.91. The molecule has 1 heterocycles. The minimum Gasteiger partial charge on any atom is -0.411 e. The topological polar surface area (TPSA) is 45.1 Å². The molecule has 0 aromatic rings. The molecular formula is C9H16N2O2. The molecule has 1 saturated heterocycles. The lowest BCUT2D eigenvalue weighted by atomic mass is 10.2. The highest BCUT2D eigenvalue weighted by atomic mass is 16.5. The lowest BCUT2D eigenvalue weighted by Gasteiger charge is -2.31. The minimum absolute atomic E-state index is 0.383. The van der Waals surface area contributed by atoms with Gasteiger partial charge in [0.2, 0.25) is 0 Å². The molecule has 1 saturated carbocycles. The number of rotatable bonds is 1. The van der Waals surface area contributed by atoms with Gasteiger partial charge in [-0.15, -0.1) is 0 Å². The molecule has 74 valence electrons. The van der Waals surface area contributed by atoms with Gasteiger partial charge in [-0.05, 0) is 19.3 Å². The number of nitrogens with zero attached hydrogens (tertiary/aromatic N) is 2. The molecule has 1 aliphatic carbocycles. The Hall–Kier alpha value is -0.610. The first-order chi connectivity index (χ1) is 6.42. The van der Waals surface area contributed by atoms with Gasteiger partial charge in [-0.25, -0.2) is 0 Å². The van der Waals surface area contributed by atoms with E-state index in [-0.39, 0.29) is 0 Å². The molecule has 2 aliphatic rings. The van der Waals surface area contributed by atoms with Gasteiger partial charge < -0.3 is 9.94 Å². The van der Waals surface area contributed by atoms with Gasteiger partial charge in [0, 0.05) is 13.1 Å². The monoisotopic (exact) mass is 184 g/mol. The molecule has 0 unspecified atom stereocenters. The van der Waals surface area contributed by atoms with Gasteiger partial charge in [-0.3, -0.25) is 4.90 Å². The summed E-state index contributed by atoms with van der Waals surface area (Å²) < 4.78 is 5.28. The van der Waals surface area contributed by atoms with Gasteiger partial charge in [0.05, 0.1) is 25.0 Å². The van der Waals surface area contributed by atoms with Crippen molar-refractivity contribution in [3.63, 3.8) is 0 Å². The number of oxime groups is 1.